The molecule has 10 heavy (non-hydrogen) atoms. The third-order valence-corrected chi connectivity index (χ3v) is 2.93. The minimum Gasteiger partial charge on any atom is -0.468 e. The van der Waals surface area contributed by atoms with E-state index in [1.807, 2.05) is 13.0 Å². The summed E-state index contributed by atoms with van der Waals surface area (Å²) in [7, 11) is 1.84. The van der Waals surface area contributed by atoms with Crippen LogP contribution in [-0.4, -0.2) is 23.3 Å². The number of ether oxygens (including phenoxy) is 1. The van der Waals surface area contributed by atoms with Crippen LogP contribution in [0.2, 0.25) is 5.04 Å². The highest BCUT2D eigenvalue weighted by Gasteiger charge is 2.31. The van der Waals surface area contributed by atoms with Gasteiger partial charge in [-0.1, -0.05) is 6.92 Å². The van der Waals surface area contributed by atoms with Gasteiger partial charge in [-0.05, 0) is 6.42 Å². The number of hydrogen-bond acceptors (Lipinski definition) is 3. The molecule has 3 nitrogen and oxygen atoms in total. The Hall–Kier alpha value is -0.823. The molecule has 0 aliphatic carbocycles. The maximum Gasteiger partial charge on any atom is 0.321 e. The van der Waals surface area contributed by atoms with Gasteiger partial charge in [-0.2, -0.15) is 5.26 Å². The fourth-order valence-electron chi connectivity index (χ4n) is 0.494. The molecule has 56 valence electrons. The zero-order valence-electron chi connectivity index (χ0n) is 6.47. The summed E-state index contributed by atoms with van der Waals surface area (Å²) in [5.41, 5.74) is 0. The summed E-state index contributed by atoms with van der Waals surface area (Å²) in [6.07, 6.45) is 0.544. The molecule has 0 aliphatic rings. The van der Waals surface area contributed by atoms with Crippen LogP contribution in [0.4, 0.5) is 0 Å². The van der Waals surface area contributed by atoms with Gasteiger partial charge in [0.05, 0.1) is 13.2 Å². The predicted octanol–water partition coefficient (Wildman–Crippen LogP) is -0.383. The number of carbonyl (C=O) groups excluding carboxylic acids is 1. The molecule has 1 atom stereocenters. The van der Waals surface area contributed by atoms with Gasteiger partial charge in [0.15, 0.2) is 0 Å². The van der Waals surface area contributed by atoms with Crippen molar-refractivity contribution in [1.29, 1.82) is 5.26 Å². The highest BCUT2D eigenvalue weighted by Crippen LogP contribution is 2.25. The van der Waals surface area contributed by atoms with Gasteiger partial charge in [-0.15, -0.1) is 0 Å². The Balaban J connectivity index is 4.37. The maximum absolute atomic E-state index is 10.9. The molecule has 0 amide bonds. The van der Waals surface area contributed by atoms with Crippen molar-refractivity contribution < 1.29 is 9.53 Å². The number of esters is 1. The molecular weight excluding hydrogens is 146 g/mol. The summed E-state index contributed by atoms with van der Waals surface area (Å²) in [6, 6.07) is 1.97. The predicted molar refractivity (Wildman–Crippen MR) is 40.6 cm³/mol. The van der Waals surface area contributed by atoms with E-state index in [0.717, 1.165) is 0 Å². The van der Waals surface area contributed by atoms with Crippen LogP contribution in [0.3, 0.4) is 0 Å². The van der Waals surface area contributed by atoms with E-state index in [4.69, 9.17) is 5.26 Å². The summed E-state index contributed by atoms with van der Waals surface area (Å²) >= 11 is 0. The molecule has 0 aromatic carbocycles. The fourth-order valence-corrected chi connectivity index (χ4v) is 0.698. The minimum absolute atomic E-state index is 0.399. The topological polar surface area (TPSA) is 50.1 Å². The van der Waals surface area contributed by atoms with Crippen LogP contribution in [0, 0.1) is 11.3 Å². The first-order chi connectivity index (χ1) is 4.60. The van der Waals surface area contributed by atoms with E-state index >= 15 is 0 Å². The first kappa shape index (κ1) is 9.18. The lowest BCUT2D eigenvalue weighted by molar-refractivity contribution is -0.142. The molecule has 4 heteroatoms. The lowest BCUT2D eigenvalue weighted by atomic mass is 10.1. The fraction of sp³-hybridized carbons (Fsp3) is 0.667. The van der Waals surface area contributed by atoms with Gasteiger partial charge in [-0.3, -0.25) is 4.79 Å². The zero-order chi connectivity index (χ0) is 8.20. The largest absolute Gasteiger partial charge is 0.468 e. The highest BCUT2D eigenvalue weighted by atomic mass is 28.1. The van der Waals surface area contributed by atoms with Crippen LogP contribution in [0.5, 0.6) is 0 Å². The standard InChI is InChI=1S/C6H11NO2Si/c1-3-6(10,4-7)5(8)9-2/h3H2,1-2,10H3. The molecule has 0 spiro atoms. The monoisotopic (exact) mass is 157 g/mol. The van der Waals surface area contributed by atoms with E-state index in [9.17, 15) is 4.79 Å². The van der Waals surface area contributed by atoms with Crippen LogP contribution < -0.4 is 0 Å². The summed E-state index contributed by atoms with van der Waals surface area (Å²) in [5.74, 6) is -0.399. The quantitative estimate of drug-likeness (QED) is 0.405. The van der Waals surface area contributed by atoms with E-state index in [1.165, 1.54) is 7.11 Å². The van der Waals surface area contributed by atoms with Gasteiger partial charge in [0.25, 0.3) is 0 Å². The second kappa shape index (κ2) is 3.37. The highest BCUT2D eigenvalue weighted by molar-refractivity contribution is 6.29. The molecule has 0 heterocycles. The van der Waals surface area contributed by atoms with E-state index in [-0.39, 0.29) is 0 Å². The average molecular weight is 157 g/mol. The van der Waals surface area contributed by atoms with Crippen LogP contribution in [0.25, 0.3) is 0 Å². The van der Waals surface area contributed by atoms with E-state index in [2.05, 4.69) is 4.74 Å². The van der Waals surface area contributed by atoms with E-state index in [1.54, 1.807) is 0 Å². The van der Waals surface area contributed by atoms with Crippen molar-refractivity contribution in [2.24, 2.45) is 0 Å². The van der Waals surface area contributed by atoms with Crippen molar-refractivity contribution in [3.63, 3.8) is 0 Å². The van der Waals surface area contributed by atoms with E-state index < -0.39 is 11.0 Å². The molecule has 0 aromatic rings. The lowest BCUT2D eigenvalue weighted by Crippen LogP contribution is -2.22. The molecule has 0 bridgehead atoms. The van der Waals surface area contributed by atoms with Crippen molar-refractivity contribution >= 4 is 16.2 Å². The Morgan fingerprint density at radius 2 is 2.40 bits per heavy atom. The van der Waals surface area contributed by atoms with Gasteiger partial charge < -0.3 is 4.74 Å². The zero-order valence-corrected chi connectivity index (χ0v) is 8.47. The number of nitriles is 1. The lowest BCUT2D eigenvalue weighted by Gasteiger charge is -2.14. The number of nitrogens with zero attached hydrogens (tertiary/aromatic N) is 1. The second-order valence-corrected chi connectivity index (χ2v) is 4.00. The normalized spacial score (nSPS) is 15.3. The summed E-state index contributed by atoms with van der Waals surface area (Å²) < 4.78 is 4.47. The molecule has 0 rings (SSSR count). The Labute approximate surface area is 63.4 Å². The Morgan fingerprint density at radius 3 is 2.50 bits per heavy atom. The molecular formula is C6H11NO2Si. The van der Waals surface area contributed by atoms with Crippen LogP contribution in [0.15, 0.2) is 0 Å². The maximum atomic E-state index is 10.9. The molecule has 0 aliphatic heterocycles. The van der Waals surface area contributed by atoms with Crippen molar-refractivity contribution in [3.05, 3.63) is 0 Å². The van der Waals surface area contributed by atoms with Crippen molar-refractivity contribution in [1.82, 2.24) is 0 Å². The van der Waals surface area contributed by atoms with Gasteiger partial charge in [-0.25, -0.2) is 0 Å². The molecule has 0 saturated heterocycles. The van der Waals surface area contributed by atoms with Gasteiger partial charge >= 0.3 is 5.97 Å². The van der Waals surface area contributed by atoms with Crippen molar-refractivity contribution in [3.8, 4) is 6.07 Å². The molecule has 0 fully saturated rings. The molecule has 1 unspecified atom stereocenters. The van der Waals surface area contributed by atoms with Gasteiger partial charge in [0, 0.05) is 10.2 Å². The first-order valence-corrected chi connectivity index (χ1v) is 4.10. The van der Waals surface area contributed by atoms with Crippen molar-refractivity contribution in [2.75, 3.05) is 7.11 Å². The second-order valence-electron chi connectivity index (χ2n) is 2.29. The third-order valence-electron chi connectivity index (χ3n) is 1.59. The van der Waals surface area contributed by atoms with E-state index in [0.29, 0.717) is 16.7 Å². The first-order valence-electron chi connectivity index (χ1n) is 3.10. The molecule has 0 saturated carbocycles. The summed E-state index contributed by atoms with van der Waals surface area (Å²) in [6.45, 7) is 1.81. The number of carbonyl (C=O) groups is 1. The smallest absolute Gasteiger partial charge is 0.321 e. The molecule has 0 aromatic heterocycles. The van der Waals surface area contributed by atoms with Gasteiger partial charge in [0.1, 0.15) is 5.04 Å². The van der Waals surface area contributed by atoms with Crippen LogP contribution in [-0.2, 0) is 9.53 Å². The van der Waals surface area contributed by atoms with Crippen LogP contribution in [0.1, 0.15) is 13.3 Å². The minimum atomic E-state index is -0.825. The SMILES string of the molecule is CCC([SiH3])(C#N)C(=O)OC. The molecule has 0 radical (unpaired) electrons. The Bertz CT molecular complexity index is 175. The third kappa shape index (κ3) is 1.58. The Morgan fingerprint density at radius 1 is 1.90 bits per heavy atom. The molecule has 0 N–H and O–H groups in total. The number of rotatable bonds is 2. The van der Waals surface area contributed by atoms with Gasteiger partial charge in [0.2, 0.25) is 0 Å². The summed E-state index contributed by atoms with van der Waals surface area (Å²) in [5, 5.41) is 7.75. The number of methoxy groups -OCH3 is 1. The van der Waals surface area contributed by atoms with Crippen molar-refractivity contribution in [2.45, 2.75) is 18.4 Å². The average Bonchev–Trinajstić information content (AvgIpc) is 2.01. The number of hydrogen-bond donors (Lipinski definition) is 0. The summed E-state index contributed by atoms with van der Waals surface area (Å²) in [4.78, 5) is 10.9. The Kier molecular flexibility index (Phi) is 3.09. The van der Waals surface area contributed by atoms with Crippen LogP contribution >= 0.6 is 0 Å².